The third-order valence-electron chi connectivity index (χ3n) is 2.75. The molecule has 2 rings (SSSR count). The molecule has 0 radical (unpaired) electrons. The van der Waals surface area contributed by atoms with Gasteiger partial charge < -0.3 is 4.74 Å². The maximum absolute atomic E-state index is 12.8. The minimum atomic E-state index is -4.42. The lowest BCUT2D eigenvalue weighted by molar-refractivity contribution is -0.136. The Bertz CT molecular complexity index is 622. The van der Waals surface area contributed by atoms with Crippen LogP contribution in [0.2, 0.25) is 0 Å². The summed E-state index contributed by atoms with van der Waals surface area (Å²) in [4.78, 5) is 0. The number of hydrogen-bond acceptors (Lipinski definition) is 3. The van der Waals surface area contributed by atoms with Crippen molar-refractivity contribution in [2.75, 3.05) is 12.5 Å². The van der Waals surface area contributed by atoms with Gasteiger partial charge in [0.15, 0.2) is 0 Å². The smallest absolute Gasteiger partial charge is 0.418 e. The summed E-state index contributed by atoms with van der Waals surface area (Å²) in [6.45, 7) is 0. The zero-order valence-corrected chi connectivity index (χ0v) is 11.2. The zero-order valence-electron chi connectivity index (χ0n) is 11.2. The molecule has 0 aliphatic carbocycles. The molecule has 0 saturated heterocycles. The molecular weight excluding hydrogens is 281 g/mol. The monoisotopic (exact) mass is 294 g/mol. The maximum atomic E-state index is 12.8. The van der Waals surface area contributed by atoms with E-state index in [-0.39, 0.29) is 5.69 Å². The molecule has 0 bridgehead atoms. The molecule has 0 amide bonds. The molecule has 2 aromatic carbocycles. The van der Waals surface area contributed by atoms with Crippen LogP contribution < -0.4 is 10.2 Å². The van der Waals surface area contributed by atoms with Crippen molar-refractivity contribution in [3.63, 3.8) is 0 Å². The van der Waals surface area contributed by atoms with Gasteiger partial charge in [-0.1, -0.05) is 12.1 Å². The van der Waals surface area contributed by atoms with Crippen LogP contribution in [0.3, 0.4) is 0 Å². The second-order valence-corrected chi connectivity index (χ2v) is 4.19. The van der Waals surface area contributed by atoms with E-state index in [2.05, 4.69) is 10.5 Å². The second kappa shape index (κ2) is 6.30. The van der Waals surface area contributed by atoms with Gasteiger partial charge in [-0.25, -0.2) is 0 Å². The van der Waals surface area contributed by atoms with Gasteiger partial charge in [-0.2, -0.15) is 18.3 Å². The van der Waals surface area contributed by atoms with Crippen molar-refractivity contribution in [3.05, 3.63) is 59.7 Å². The number of benzene rings is 2. The van der Waals surface area contributed by atoms with Crippen LogP contribution in [-0.2, 0) is 6.18 Å². The number of ether oxygens (including phenoxy) is 1. The van der Waals surface area contributed by atoms with Crippen LogP contribution in [0.1, 0.15) is 11.1 Å². The van der Waals surface area contributed by atoms with Crippen LogP contribution in [0, 0.1) is 0 Å². The van der Waals surface area contributed by atoms with Gasteiger partial charge in [0.05, 0.1) is 24.6 Å². The van der Waals surface area contributed by atoms with Crippen molar-refractivity contribution in [1.29, 1.82) is 0 Å². The molecule has 6 heteroatoms. The normalized spacial score (nSPS) is 11.6. The van der Waals surface area contributed by atoms with Crippen LogP contribution in [0.15, 0.2) is 53.6 Å². The topological polar surface area (TPSA) is 33.6 Å². The summed E-state index contributed by atoms with van der Waals surface area (Å²) >= 11 is 0. The zero-order chi connectivity index (χ0) is 15.3. The molecule has 0 aromatic heterocycles. The number of alkyl halides is 3. The molecule has 0 unspecified atom stereocenters. The van der Waals surface area contributed by atoms with E-state index in [0.717, 1.165) is 11.6 Å². The van der Waals surface area contributed by atoms with Crippen LogP contribution in [-0.4, -0.2) is 13.3 Å². The first-order valence-corrected chi connectivity index (χ1v) is 6.10. The first kappa shape index (κ1) is 14.9. The van der Waals surface area contributed by atoms with Gasteiger partial charge in [0.1, 0.15) is 5.75 Å². The average Bonchev–Trinajstić information content (AvgIpc) is 2.47. The fourth-order valence-corrected chi connectivity index (χ4v) is 1.69. The predicted molar refractivity (Wildman–Crippen MR) is 75.7 cm³/mol. The first-order valence-electron chi connectivity index (χ1n) is 6.10. The van der Waals surface area contributed by atoms with Gasteiger partial charge in [-0.15, -0.1) is 0 Å². The highest BCUT2D eigenvalue weighted by molar-refractivity contribution is 5.80. The summed E-state index contributed by atoms with van der Waals surface area (Å²) in [5.74, 6) is 0.697. The summed E-state index contributed by atoms with van der Waals surface area (Å²) in [6, 6.07) is 12.2. The van der Waals surface area contributed by atoms with E-state index in [9.17, 15) is 13.2 Å². The fraction of sp³-hybridized carbons (Fsp3) is 0.133. The summed E-state index contributed by atoms with van der Waals surface area (Å²) in [7, 11) is 1.55. The van der Waals surface area contributed by atoms with Crippen molar-refractivity contribution in [1.82, 2.24) is 0 Å². The Hall–Kier alpha value is -2.50. The highest BCUT2D eigenvalue weighted by Crippen LogP contribution is 2.34. The van der Waals surface area contributed by atoms with E-state index in [1.807, 2.05) is 0 Å². The number of rotatable bonds is 4. The maximum Gasteiger partial charge on any atom is 0.418 e. The minimum Gasteiger partial charge on any atom is -0.497 e. The molecular formula is C15H13F3N2O. The van der Waals surface area contributed by atoms with Gasteiger partial charge in [-0.05, 0) is 42.0 Å². The third kappa shape index (κ3) is 3.98. The van der Waals surface area contributed by atoms with E-state index < -0.39 is 11.7 Å². The minimum absolute atomic E-state index is 0.0882. The summed E-state index contributed by atoms with van der Waals surface area (Å²) < 4.78 is 43.3. The molecule has 2 aromatic rings. The number of nitrogens with zero attached hydrogens (tertiary/aromatic N) is 1. The van der Waals surface area contributed by atoms with Crippen LogP contribution in [0.4, 0.5) is 18.9 Å². The number of methoxy groups -OCH3 is 1. The van der Waals surface area contributed by atoms with Gasteiger partial charge in [0.25, 0.3) is 0 Å². The molecule has 0 aliphatic rings. The second-order valence-electron chi connectivity index (χ2n) is 4.19. The van der Waals surface area contributed by atoms with Gasteiger partial charge in [-0.3, -0.25) is 5.43 Å². The summed E-state index contributed by atoms with van der Waals surface area (Å²) in [5, 5.41) is 3.83. The molecule has 0 aliphatic heterocycles. The molecule has 0 spiro atoms. The number of halogens is 3. The standard InChI is InChI=1S/C15H13F3N2O/c1-21-12-8-6-11(7-9-12)10-19-20-14-5-3-2-4-13(14)15(16,17)18/h2-10,20H,1H3/b19-10-. The fourth-order valence-electron chi connectivity index (χ4n) is 1.69. The lowest BCUT2D eigenvalue weighted by Crippen LogP contribution is -2.08. The Morgan fingerprint density at radius 1 is 1.05 bits per heavy atom. The van der Waals surface area contributed by atoms with E-state index in [1.165, 1.54) is 24.4 Å². The number of hydrogen-bond donors (Lipinski definition) is 1. The largest absolute Gasteiger partial charge is 0.497 e. The Labute approximate surface area is 120 Å². The lowest BCUT2D eigenvalue weighted by Gasteiger charge is -2.11. The number of para-hydroxylation sites is 1. The molecule has 110 valence electrons. The molecule has 3 nitrogen and oxygen atoms in total. The third-order valence-corrected chi connectivity index (χ3v) is 2.75. The highest BCUT2D eigenvalue weighted by atomic mass is 19.4. The molecule has 0 saturated carbocycles. The molecule has 21 heavy (non-hydrogen) atoms. The molecule has 1 N–H and O–H groups in total. The van der Waals surface area contributed by atoms with Crippen LogP contribution in [0.25, 0.3) is 0 Å². The van der Waals surface area contributed by atoms with Crippen molar-refractivity contribution in [2.24, 2.45) is 5.10 Å². The van der Waals surface area contributed by atoms with E-state index in [1.54, 1.807) is 31.4 Å². The number of hydrazone groups is 1. The van der Waals surface area contributed by atoms with Crippen molar-refractivity contribution in [2.45, 2.75) is 6.18 Å². The van der Waals surface area contributed by atoms with Crippen LogP contribution >= 0.6 is 0 Å². The van der Waals surface area contributed by atoms with E-state index in [0.29, 0.717) is 5.75 Å². The molecule has 0 fully saturated rings. The first-order chi connectivity index (χ1) is 10.0. The van der Waals surface area contributed by atoms with Crippen molar-refractivity contribution >= 4 is 11.9 Å². The summed E-state index contributed by atoms with van der Waals surface area (Å²) in [6.07, 6.45) is -2.98. The van der Waals surface area contributed by atoms with Gasteiger partial charge >= 0.3 is 6.18 Å². The summed E-state index contributed by atoms with van der Waals surface area (Å²) in [5.41, 5.74) is 2.32. The Balaban J connectivity index is 2.10. The van der Waals surface area contributed by atoms with Crippen LogP contribution in [0.5, 0.6) is 5.75 Å². The number of nitrogens with one attached hydrogen (secondary N) is 1. The Morgan fingerprint density at radius 2 is 1.71 bits per heavy atom. The van der Waals surface area contributed by atoms with Crippen molar-refractivity contribution < 1.29 is 17.9 Å². The number of anilines is 1. The van der Waals surface area contributed by atoms with E-state index in [4.69, 9.17) is 4.74 Å². The van der Waals surface area contributed by atoms with E-state index >= 15 is 0 Å². The Morgan fingerprint density at radius 3 is 2.33 bits per heavy atom. The highest BCUT2D eigenvalue weighted by Gasteiger charge is 2.33. The van der Waals surface area contributed by atoms with Crippen molar-refractivity contribution in [3.8, 4) is 5.75 Å². The molecule has 0 heterocycles. The lowest BCUT2D eigenvalue weighted by atomic mass is 10.2. The SMILES string of the molecule is COc1ccc(/C=N\Nc2ccccc2C(F)(F)F)cc1. The average molecular weight is 294 g/mol. The molecule has 0 atom stereocenters. The quantitative estimate of drug-likeness (QED) is 0.678. The predicted octanol–water partition coefficient (Wildman–Crippen LogP) is 4.16. The van der Waals surface area contributed by atoms with Gasteiger partial charge in [0, 0.05) is 0 Å². The Kier molecular flexibility index (Phi) is 4.47. The van der Waals surface area contributed by atoms with Gasteiger partial charge in [0.2, 0.25) is 0 Å².